The van der Waals surface area contributed by atoms with Crippen LogP contribution in [-0.4, -0.2) is 32.1 Å². The Kier molecular flexibility index (Phi) is 6.70. The standard InChI is InChI=1S/C17H26N2O2/c1-14(15-7-3-2-4-8-15)21-12-6-11-19-17(20)16-9-5-10-18-13-16/h2-4,7-8,14,16,18H,5-6,9-13H2,1H3,(H,19,20). The minimum absolute atomic E-state index is 0.101. The number of piperidine rings is 1. The Morgan fingerprint density at radius 2 is 2.24 bits per heavy atom. The van der Waals surface area contributed by atoms with Gasteiger partial charge in [0.25, 0.3) is 0 Å². The smallest absolute Gasteiger partial charge is 0.224 e. The molecule has 2 rings (SSSR count). The van der Waals surface area contributed by atoms with Crippen molar-refractivity contribution >= 4 is 5.91 Å². The maximum atomic E-state index is 11.9. The van der Waals surface area contributed by atoms with Crippen LogP contribution in [0.15, 0.2) is 30.3 Å². The van der Waals surface area contributed by atoms with E-state index in [0.29, 0.717) is 13.2 Å². The molecule has 4 nitrogen and oxygen atoms in total. The van der Waals surface area contributed by atoms with Crippen molar-refractivity contribution in [3.05, 3.63) is 35.9 Å². The third-order valence-electron chi connectivity index (χ3n) is 3.92. The highest BCUT2D eigenvalue weighted by Gasteiger charge is 2.20. The molecule has 0 bridgehead atoms. The van der Waals surface area contributed by atoms with Gasteiger partial charge in [0.2, 0.25) is 5.91 Å². The van der Waals surface area contributed by atoms with Gasteiger partial charge in [-0.15, -0.1) is 0 Å². The molecule has 0 saturated carbocycles. The molecule has 4 heteroatoms. The van der Waals surface area contributed by atoms with Gasteiger partial charge < -0.3 is 15.4 Å². The summed E-state index contributed by atoms with van der Waals surface area (Å²) >= 11 is 0. The van der Waals surface area contributed by atoms with Crippen LogP contribution in [-0.2, 0) is 9.53 Å². The molecule has 0 radical (unpaired) electrons. The lowest BCUT2D eigenvalue weighted by atomic mass is 9.99. The van der Waals surface area contributed by atoms with Crippen molar-refractivity contribution in [1.29, 1.82) is 0 Å². The van der Waals surface area contributed by atoms with Crippen molar-refractivity contribution < 1.29 is 9.53 Å². The van der Waals surface area contributed by atoms with Crippen LogP contribution < -0.4 is 10.6 Å². The van der Waals surface area contributed by atoms with Gasteiger partial charge in [-0.1, -0.05) is 30.3 Å². The van der Waals surface area contributed by atoms with Gasteiger partial charge in [-0.2, -0.15) is 0 Å². The molecule has 1 aliphatic rings. The minimum Gasteiger partial charge on any atom is -0.374 e. The zero-order valence-electron chi connectivity index (χ0n) is 12.8. The van der Waals surface area contributed by atoms with Crippen LogP contribution >= 0.6 is 0 Å². The fraction of sp³-hybridized carbons (Fsp3) is 0.588. The zero-order chi connectivity index (χ0) is 14.9. The molecule has 1 aromatic rings. The topological polar surface area (TPSA) is 50.4 Å². The summed E-state index contributed by atoms with van der Waals surface area (Å²) in [4.78, 5) is 11.9. The molecule has 0 aliphatic carbocycles. The van der Waals surface area contributed by atoms with Gasteiger partial charge in [-0.05, 0) is 38.3 Å². The van der Waals surface area contributed by atoms with E-state index in [2.05, 4.69) is 29.7 Å². The summed E-state index contributed by atoms with van der Waals surface area (Å²) in [5, 5.41) is 6.27. The second-order valence-electron chi connectivity index (χ2n) is 5.61. The summed E-state index contributed by atoms with van der Waals surface area (Å²) < 4.78 is 5.79. The first-order chi connectivity index (χ1) is 10.3. The number of hydrogen-bond acceptors (Lipinski definition) is 3. The highest BCUT2D eigenvalue weighted by molar-refractivity contribution is 5.78. The number of hydrogen-bond donors (Lipinski definition) is 2. The third-order valence-corrected chi connectivity index (χ3v) is 3.92. The van der Waals surface area contributed by atoms with Crippen LogP contribution in [0.3, 0.4) is 0 Å². The Hall–Kier alpha value is -1.39. The first-order valence-electron chi connectivity index (χ1n) is 7.92. The van der Waals surface area contributed by atoms with Crippen molar-refractivity contribution in [2.24, 2.45) is 5.92 Å². The number of carbonyl (C=O) groups is 1. The van der Waals surface area contributed by atoms with E-state index in [1.807, 2.05) is 18.2 Å². The molecule has 1 aromatic carbocycles. The van der Waals surface area contributed by atoms with Crippen molar-refractivity contribution in [3.63, 3.8) is 0 Å². The van der Waals surface area contributed by atoms with Gasteiger partial charge >= 0.3 is 0 Å². The quantitative estimate of drug-likeness (QED) is 0.757. The Labute approximate surface area is 127 Å². The molecule has 1 fully saturated rings. The predicted molar refractivity (Wildman–Crippen MR) is 84.0 cm³/mol. The summed E-state index contributed by atoms with van der Waals surface area (Å²) in [6.07, 6.45) is 3.05. The van der Waals surface area contributed by atoms with Gasteiger partial charge in [-0.25, -0.2) is 0 Å². The maximum absolute atomic E-state index is 11.9. The van der Waals surface area contributed by atoms with Crippen molar-refractivity contribution in [3.8, 4) is 0 Å². The lowest BCUT2D eigenvalue weighted by Gasteiger charge is -2.22. The Bertz CT molecular complexity index is 416. The molecular weight excluding hydrogens is 264 g/mol. The number of ether oxygens (including phenoxy) is 1. The van der Waals surface area contributed by atoms with Crippen LogP contribution in [0.25, 0.3) is 0 Å². The van der Waals surface area contributed by atoms with Crippen LogP contribution in [0.2, 0.25) is 0 Å². The summed E-state index contributed by atoms with van der Waals surface area (Å²) in [6.45, 7) is 5.26. The van der Waals surface area contributed by atoms with E-state index < -0.39 is 0 Å². The monoisotopic (exact) mass is 290 g/mol. The number of carbonyl (C=O) groups excluding carboxylic acids is 1. The van der Waals surface area contributed by atoms with Gasteiger partial charge in [0.05, 0.1) is 12.0 Å². The Morgan fingerprint density at radius 1 is 1.43 bits per heavy atom. The number of rotatable bonds is 7. The highest BCUT2D eigenvalue weighted by Crippen LogP contribution is 2.15. The first kappa shape index (κ1) is 16.0. The fourth-order valence-corrected chi connectivity index (χ4v) is 2.58. The van der Waals surface area contributed by atoms with E-state index in [9.17, 15) is 4.79 Å². The molecule has 2 N–H and O–H groups in total. The normalized spacial score (nSPS) is 20.0. The van der Waals surface area contributed by atoms with Crippen molar-refractivity contribution in [2.45, 2.75) is 32.3 Å². The second kappa shape index (κ2) is 8.80. The van der Waals surface area contributed by atoms with E-state index in [-0.39, 0.29) is 17.9 Å². The number of nitrogens with one attached hydrogen (secondary N) is 2. The van der Waals surface area contributed by atoms with Crippen LogP contribution in [0.5, 0.6) is 0 Å². The van der Waals surface area contributed by atoms with Crippen molar-refractivity contribution in [2.75, 3.05) is 26.2 Å². The molecule has 0 aromatic heterocycles. The molecule has 2 unspecified atom stereocenters. The summed E-state index contributed by atoms with van der Waals surface area (Å²) in [5.41, 5.74) is 1.19. The Balaban J connectivity index is 1.56. The summed E-state index contributed by atoms with van der Waals surface area (Å²) in [5.74, 6) is 0.321. The third kappa shape index (κ3) is 5.48. The Morgan fingerprint density at radius 3 is 2.95 bits per heavy atom. The molecular formula is C17H26N2O2. The first-order valence-corrected chi connectivity index (χ1v) is 7.92. The van der Waals surface area contributed by atoms with E-state index in [1.165, 1.54) is 5.56 Å². The minimum atomic E-state index is 0.101. The lowest BCUT2D eigenvalue weighted by Crippen LogP contribution is -2.40. The molecule has 1 aliphatic heterocycles. The lowest BCUT2D eigenvalue weighted by molar-refractivity contribution is -0.125. The average molecular weight is 290 g/mol. The highest BCUT2D eigenvalue weighted by atomic mass is 16.5. The van der Waals surface area contributed by atoms with E-state index in [1.54, 1.807) is 0 Å². The number of amides is 1. The second-order valence-corrected chi connectivity index (χ2v) is 5.61. The SMILES string of the molecule is CC(OCCCNC(=O)C1CCCNC1)c1ccccc1. The van der Waals surface area contributed by atoms with Gasteiger partial charge in [-0.3, -0.25) is 4.79 Å². The molecule has 21 heavy (non-hydrogen) atoms. The van der Waals surface area contributed by atoms with Gasteiger partial charge in [0.15, 0.2) is 0 Å². The largest absolute Gasteiger partial charge is 0.374 e. The van der Waals surface area contributed by atoms with Crippen LogP contribution in [0.1, 0.15) is 37.9 Å². The van der Waals surface area contributed by atoms with Crippen LogP contribution in [0, 0.1) is 5.92 Å². The number of benzene rings is 1. The fourth-order valence-electron chi connectivity index (χ4n) is 2.58. The average Bonchev–Trinajstić information content (AvgIpc) is 2.55. The maximum Gasteiger partial charge on any atom is 0.224 e. The summed E-state index contributed by atoms with van der Waals surface area (Å²) in [7, 11) is 0. The molecule has 1 heterocycles. The van der Waals surface area contributed by atoms with E-state index >= 15 is 0 Å². The molecule has 0 spiro atoms. The van der Waals surface area contributed by atoms with E-state index in [0.717, 1.165) is 32.4 Å². The molecule has 2 atom stereocenters. The molecule has 1 saturated heterocycles. The predicted octanol–water partition coefficient (Wildman–Crippen LogP) is 2.27. The molecule has 1 amide bonds. The zero-order valence-corrected chi connectivity index (χ0v) is 12.8. The van der Waals surface area contributed by atoms with Gasteiger partial charge in [0, 0.05) is 19.7 Å². The molecule has 116 valence electrons. The van der Waals surface area contributed by atoms with Gasteiger partial charge in [0.1, 0.15) is 0 Å². The van der Waals surface area contributed by atoms with Crippen molar-refractivity contribution in [1.82, 2.24) is 10.6 Å². The summed E-state index contributed by atoms with van der Waals surface area (Å²) in [6, 6.07) is 10.2. The van der Waals surface area contributed by atoms with E-state index in [4.69, 9.17) is 4.74 Å². The van der Waals surface area contributed by atoms with Crippen LogP contribution in [0.4, 0.5) is 0 Å².